The van der Waals surface area contributed by atoms with E-state index in [0.29, 0.717) is 5.56 Å². The van der Waals surface area contributed by atoms with Crippen LogP contribution in [0.1, 0.15) is 16.1 Å². The number of aromatic nitrogens is 3. The van der Waals surface area contributed by atoms with Gasteiger partial charge in [-0.15, -0.1) is 5.10 Å². The monoisotopic (exact) mass is 239 g/mol. The number of rotatable bonds is 3. The van der Waals surface area contributed by atoms with Gasteiger partial charge >= 0.3 is 0 Å². The van der Waals surface area contributed by atoms with Crippen LogP contribution in [-0.4, -0.2) is 20.2 Å². The van der Waals surface area contributed by atoms with E-state index in [1.54, 1.807) is 18.2 Å². The molecule has 0 spiro atoms. The molecule has 6 heteroatoms. The molecule has 0 amide bonds. The Morgan fingerprint density at radius 1 is 1.44 bits per heavy atom. The zero-order valence-corrected chi connectivity index (χ0v) is 8.86. The first-order valence-electron chi connectivity index (χ1n) is 4.50. The molecule has 16 heavy (non-hydrogen) atoms. The van der Waals surface area contributed by atoms with Gasteiger partial charge in [-0.1, -0.05) is 23.4 Å². The third kappa shape index (κ3) is 2.25. The maximum Gasteiger partial charge on any atom is 0.274 e. The van der Waals surface area contributed by atoms with Crippen LogP contribution in [-0.2, 0) is 6.54 Å². The zero-order chi connectivity index (χ0) is 11.5. The summed E-state index contributed by atoms with van der Waals surface area (Å²) in [5.74, 6) is -0.322. The molecule has 0 radical (unpaired) electrons. The third-order valence-corrected chi connectivity index (χ3v) is 2.22. The number of hydrogen-bond donors (Lipinski definition) is 0. The zero-order valence-electron chi connectivity index (χ0n) is 8.10. The summed E-state index contributed by atoms with van der Waals surface area (Å²) >= 11 is 5.22. The van der Waals surface area contributed by atoms with Gasteiger partial charge in [-0.2, -0.15) is 0 Å². The van der Waals surface area contributed by atoms with Crippen LogP contribution in [0.4, 0.5) is 4.39 Å². The highest BCUT2D eigenvalue weighted by atomic mass is 35.5. The minimum absolute atomic E-state index is 0.0537. The lowest BCUT2D eigenvalue weighted by molar-refractivity contribution is 0.107. The van der Waals surface area contributed by atoms with Crippen molar-refractivity contribution in [2.24, 2.45) is 0 Å². The fourth-order valence-corrected chi connectivity index (χ4v) is 1.35. The Kier molecular flexibility index (Phi) is 2.96. The van der Waals surface area contributed by atoms with E-state index in [1.807, 2.05) is 0 Å². The van der Waals surface area contributed by atoms with E-state index in [1.165, 1.54) is 16.9 Å². The van der Waals surface area contributed by atoms with Gasteiger partial charge in [0.05, 0.1) is 12.7 Å². The Hall–Kier alpha value is -1.75. The highest BCUT2D eigenvalue weighted by Crippen LogP contribution is 2.08. The summed E-state index contributed by atoms with van der Waals surface area (Å²) in [5.41, 5.74) is 0.527. The molecule has 0 saturated heterocycles. The van der Waals surface area contributed by atoms with E-state index in [9.17, 15) is 9.18 Å². The number of carbonyl (C=O) groups excluding carboxylic acids is 1. The molecule has 0 unspecified atom stereocenters. The predicted octanol–water partition coefficient (Wildman–Crippen LogP) is 1.84. The van der Waals surface area contributed by atoms with Crippen LogP contribution in [0, 0.1) is 5.82 Å². The van der Waals surface area contributed by atoms with Gasteiger partial charge in [0.1, 0.15) is 5.82 Å². The van der Waals surface area contributed by atoms with Gasteiger partial charge in [0, 0.05) is 5.56 Å². The van der Waals surface area contributed by atoms with Crippen molar-refractivity contribution in [1.82, 2.24) is 15.0 Å². The second-order valence-corrected chi connectivity index (χ2v) is 3.51. The molecule has 4 nitrogen and oxygen atoms in total. The van der Waals surface area contributed by atoms with Crippen molar-refractivity contribution in [2.45, 2.75) is 6.54 Å². The normalized spacial score (nSPS) is 10.4. The molecule has 0 aliphatic heterocycles. The molecule has 0 atom stereocenters. The maximum absolute atomic E-state index is 13.3. The molecule has 2 rings (SSSR count). The van der Waals surface area contributed by atoms with Crippen LogP contribution in [0.15, 0.2) is 30.5 Å². The van der Waals surface area contributed by atoms with Crippen LogP contribution >= 0.6 is 11.6 Å². The Labute approximate surface area is 95.6 Å². The largest absolute Gasteiger partial charge is 0.274 e. The molecule has 2 aromatic rings. The second-order valence-electron chi connectivity index (χ2n) is 3.17. The van der Waals surface area contributed by atoms with Crippen molar-refractivity contribution in [3.8, 4) is 0 Å². The molecular weight excluding hydrogens is 233 g/mol. The quantitative estimate of drug-likeness (QED) is 0.768. The summed E-state index contributed by atoms with van der Waals surface area (Å²) in [4.78, 5) is 10.8. The topological polar surface area (TPSA) is 47.8 Å². The molecule has 0 saturated carbocycles. The summed E-state index contributed by atoms with van der Waals surface area (Å²) in [5, 5.41) is 6.54. The Bertz CT molecular complexity index is 526. The van der Waals surface area contributed by atoms with Crippen molar-refractivity contribution in [2.75, 3.05) is 0 Å². The summed E-state index contributed by atoms with van der Waals surface area (Å²) in [7, 11) is 0. The van der Waals surface area contributed by atoms with Gasteiger partial charge in [-0.3, -0.25) is 4.79 Å². The van der Waals surface area contributed by atoms with Crippen molar-refractivity contribution in [1.29, 1.82) is 0 Å². The van der Waals surface area contributed by atoms with E-state index in [2.05, 4.69) is 10.3 Å². The van der Waals surface area contributed by atoms with E-state index in [-0.39, 0.29) is 18.1 Å². The van der Waals surface area contributed by atoms with Gasteiger partial charge in [0.25, 0.3) is 5.24 Å². The standard InChI is InChI=1S/C10H7ClFN3O/c11-10(16)9-6-15(14-13-9)5-7-3-1-2-4-8(7)12/h1-4,6H,5H2. The summed E-state index contributed by atoms with van der Waals surface area (Å²) in [6.45, 7) is 0.212. The van der Waals surface area contributed by atoms with Crippen LogP contribution in [0.2, 0.25) is 0 Å². The molecular formula is C10H7ClFN3O. The van der Waals surface area contributed by atoms with Gasteiger partial charge in [0.15, 0.2) is 5.69 Å². The fourth-order valence-electron chi connectivity index (χ4n) is 1.27. The lowest BCUT2D eigenvalue weighted by Crippen LogP contribution is -2.02. The van der Waals surface area contributed by atoms with Crippen LogP contribution in [0.3, 0.4) is 0 Å². The van der Waals surface area contributed by atoms with Crippen LogP contribution in [0.25, 0.3) is 0 Å². The first-order chi connectivity index (χ1) is 7.66. The van der Waals surface area contributed by atoms with Gasteiger partial charge in [-0.25, -0.2) is 9.07 Å². The van der Waals surface area contributed by atoms with E-state index < -0.39 is 5.24 Å². The number of benzene rings is 1. The number of nitrogens with zero attached hydrogens (tertiary/aromatic N) is 3. The van der Waals surface area contributed by atoms with Crippen molar-refractivity contribution in [3.05, 3.63) is 47.5 Å². The molecule has 82 valence electrons. The molecule has 1 heterocycles. The lowest BCUT2D eigenvalue weighted by Gasteiger charge is -2.01. The summed E-state index contributed by atoms with van der Waals surface area (Å²) in [6.07, 6.45) is 1.38. The van der Waals surface area contributed by atoms with E-state index in [4.69, 9.17) is 11.6 Å². The second kappa shape index (κ2) is 4.40. The molecule has 0 aliphatic carbocycles. The van der Waals surface area contributed by atoms with Gasteiger partial charge in [0.2, 0.25) is 0 Å². The Morgan fingerprint density at radius 2 is 2.19 bits per heavy atom. The fraction of sp³-hybridized carbons (Fsp3) is 0.100. The predicted molar refractivity (Wildman–Crippen MR) is 55.7 cm³/mol. The summed E-state index contributed by atoms with van der Waals surface area (Å²) < 4.78 is 14.6. The molecule has 0 aliphatic rings. The number of halogens is 2. The van der Waals surface area contributed by atoms with E-state index >= 15 is 0 Å². The number of hydrogen-bond acceptors (Lipinski definition) is 3. The first-order valence-corrected chi connectivity index (χ1v) is 4.88. The SMILES string of the molecule is O=C(Cl)c1cn(Cc2ccccc2F)nn1. The minimum atomic E-state index is -0.681. The smallest absolute Gasteiger partial charge is 0.274 e. The average molecular weight is 240 g/mol. The summed E-state index contributed by atoms with van der Waals surface area (Å²) in [6, 6.07) is 6.33. The molecule has 0 N–H and O–H groups in total. The Balaban J connectivity index is 2.21. The lowest BCUT2D eigenvalue weighted by atomic mass is 10.2. The van der Waals surface area contributed by atoms with Crippen LogP contribution < -0.4 is 0 Å². The van der Waals surface area contributed by atoms with Crippen molar-refractivity contribution < 1.29 is 9.18 Å². The van der Waals surface area contributed by atoms with Gasteiger partial charge in [-0.05, 0) is 17.7 Å². The molecule has 1 aromatic heterocycles. The highest BCUT2D eigenvalue weighted by Gasteiger charge is 2.08. The molecule has 0 bridgehead atoms. The van der Waals surface area contributed by atoms with E-state index in [0.717, 1.165) is 0 Å². The van der Waals surface area contributed by atoms with Crippen LogP contribution in [0.5, 0.6) is 0 Å². The van der Waals surface area contributed by atoms with Crippen molar-refractivity contribution >= 4 is 16.8 Å². The molecule has 0 fully saturated rings. The maximum atomic E-state index is 13.3. The third-order valence-electron chi connectivity index (χ3n) is 2.03. The average Bonchev–Trinajstić information content (AvgIpc) is 2.70. The van der Waals surface area contributed by atoms with Gasteiger partial charge < -0.3 is 0 Å². The highest BCUT2D eigenvalue weighted by molar-refractivity contribution is 6.67. The van der Waals surface area contributed by atoms with Crippen molar-refractivity contribution in [3.63, 3.8) is 0 Å². The molecule has 1 aromatic carbocycles. The Morgan fingerprint density at radius 3 is 2.81 bits per heavy atom. The number of carbonyl (C=O) groups is 1. The first kappa shape index (κ1) is 10.8. The minimum Gasteiger partial charge on any atom is -0.274 e.